The van der Waals surface area contributed by atoms with Crippen molar-refractivity contribution in [2.45, 2.75) is 18.9 Å². The van der Waals surface area contributed by atoms with Gasteiger partial charge in [-0.2, -0.15) is 0 Å². The first-order valence-corrected chi connectivity index (χ1v) is 5.82. The molecule has 6 heteroatoms. The molecule has 1 aromatic carbocycles. The van der Waals surface area contributed by atoms with E-state index in [1.165, 1.54) is 12.1 Å². The predicted molar refractivity (Wildman–Crippen MR) is 67.7 cm³/mol. The molecule has 0 atom stereocenters. The number of aromatic carboxylic acids is 1. The third kappa shape index (κ3) is 3.09. The number of hydrogen-bond acceptors (Lipinski definition) is 2. The van der Waals surface area contributed by atoms with Crippen molar-refractivity contribution in [3.63, 3.8) is 0 Å². The van der Waals surface area contributed by atoms with Crippen LogP contribution in [0.4, 0.5) is 14.9 Å². The predicted octanol–water partition coefficient (Wildman–Crippen LogP) is 2.36. The molecule has 1 aliphatic carbocycles. The average Bonchev–Trinajstić information content (AvgIpc) is 2.84. The highest BCUT2D eigenvalue weighted by Crippen LogP contribution is 2.20. The smallest absolute Gasteiger partial charge is 0.337 e. The number of carboxylic acid groups (broad SMARTS) is 1. The summed E-state index contributed by atoms with van der Waals surface area (Å²) in [6.45, 7) is 0. The fourth-order valence-electron chi connectivity index (χ4n) is 1.90. The SMILES string of the molecule is O=C(Nc1c(F)cccc1C(=O)O)NC1CC=CC1. The molecule has 0 unspecified atom stereocenters. The number of halogens is 1. The molecule has 2 rings (SSSR count). The topological polar surface area (TPSA) is 78.4 Å². The molecule has 1 aliphatic rings. The van der Waals surface area contributed by atoms with E-state index in [0.717, 1.165) is 18.9 Å². The van der Waals surface area contributed by atoms with Gasteiger partial charge in [-0.15, -0.1) is 0 Å². The second-order valence-corrected chi connectivity index (χ2v) is 4.21. The summed E-state index contributed by atoms with van der Waals surface area (Å²) in [5.74, 6) is -2.07. The number of carboxylic acids is 1. The molecular weight excluding hydrogens is 251 g/mol. The minimum atomic E-state index is -1.29. The number of carbonyl (C=O) groups excluding carboxylic acids is 1. The summed E-state index contributed by atoms with van der Waals surface area (Å²) in [5, 5.41) is 13.8. The number of para-hydroxylation sites is 1. The molecule has 0 radical (unpaired) electrons. The number of benzene rings is 1. The van der Waals surface area contributed by atoms with Crippen molar-refractivity contribution in [2.75, 3.05) is 5.32 Å². The molecular formula is C13H13FN2O3. The normalized spacial score (nSPS) is 14.4. The maximum atomic E-state index is 13.6. The van der Waals surface area contributed by atoms with Crippen LogP contribution in [0.5, 0.6) is 0 Å². The Labute approximate surface area is 109 Å². The van der Waals surface area contributed by atoms with Gasteiger partial charge in [0.25, 0.3) is 0 Å². The van der Waals surface area contributed by atoms with Crippen LogP contribution < -0.4 is 10.6 Å². The first-order chi connectivity index (χ1) is 9.08. The van der Waals surface area contributed by atoms with Crippen LogP contribution >= 0.6 is 0 Å². The molecule has 0 heterocycles. The molecule has 0 aliphatic heterocycles. The van der Waals surface area contributed by atoms with E-state index in [-0.39, 0.29) is 17.3 Å². The second-order valence-electron chi connectivity index (χ2n) is 4.21. The molecule has 0 spiro atoms. The maximum absolute atomic E-state index is 13.6. The van der Waals surface area contributed by atoms with E-state index in [0.29, 0.717) is 0 Å². The summed E-state index contributed by atoms with van der Waals surface area (Å²) in [7, 11) is 0. The number of nitrogens with one attached hydrogen (secondary N) is 2. The highest BCUT2D eigenvalue weighted by Gasteiger charge is 2.18. The summed E-state index contributed by atoms with van der Waals surface area (Å²) < 4.78 is 13.6. The summed E-state index contributed by atoms with van der Waals surface area (Å²) in [6, 6.07) is 2.97. The van der Waals surface area contributed by atoms with Gasteiger partial charge >= 0.3 is 12.0 Å². The Bertz CT molecular complexity index is 535. The largest absolute Gasteiger partial charge is 0.478 e. The number of anilines is 1. The van der Waals surface area contributed by atoms with Gasteiger partial charge in [-0.1, -0.05) is 18.2 Å². The fourth-order valence-corrected chi connectivity index (χ4v) is 1.90. The molecule has 2 amide bonds. The molecule has 19 heavy (non-hydrogen) atoms. The Kier molecular flexibility index (Phi) is 3.79. The minimum absolute atomic E-state index is 0.0277. The van der Waals surface area contributed by atoms with Crippen LogP contribution in [0.1, 0.15) is 23.2 Å². The maximum Gasteiger partial charge on any atom is 0.337 e. The van der Waals surface area contributed by atoms with Crippen molar-refractivity contribution in [1.82, 2.24) is 5.32 Å². The van der Waals surface area contributed by atoms with Crippen LogP contribution in [0.3, 0.4) is 0 Å². The molecule has 0 saturated carbocycles. The van der Waals surface area contributed by atoms with Crippen LogP contribution in [0.25, 0.3) is 0 Å². The lowest BCUT2D eigenvalue weighted by Gasteiger charge is -2.14. The average molecular weight is 264 g/mol. The highest BCUT2D eigenvalue weighted by molar-refractivity contribution is 6.00. The quantitative estimate of drug-likeness (QED) is 0.733. The molecule has 3 N–H and O–H groups in total. The number of urea groups is 1. The molecule has 0 aromatic heterocycles. The Morgan fingerprint density at radius 1 is 1.26 bits per heavy atom. The van der Waals surface area contributed by atoms with Crippen molar-refractivity contribution in [2.24, 2.45) is 0 Å². The van der Waals surface area contributed by atoms with Crippen LogP contribution in [-0.4, -0.2) is 23.1 Å². The molecule has 100 valence electrons. The number of hydrogen-bond donors (Lipinski definition) is 3. The summed E-state index contributed by atoms with van der Waals surface area (Å²) in [5.41, 5.74) is -0.599. The van der Waals surface area contributed by atoms with E-state index in [2.05, 4.69) is 10.6 Å². The monoisotopic (exact) mass is 264 g/mol. The Morgan fingerprint density at radius 2 is 1.95 bits per heavy atom. The van der Waals surface area contributed by atoms with E-state index < -0.39 is 17.8 Å². The van der Waals surface area contributed by atoms with Crippen molar-refractivity contribution < 1.29 is 19.1 Å². The van der Waals surface area contributed by atoms with E-state index in [9.17, 15) is 14.0 Å². The third-order valence-corrected chi connectivity index (χ3v) is 2.83. The van der Waals surface area contributed by atoms with Gasteiger partial charge in [-0.25, -0.2) is 14.0 Å². The van der Waals surface area contributed by atoms with E-state index in [4.69, 9.17) is 5.11 Å². The van der Waals surface area contributed by atoms with Gasteiger partial charge in [-0.05, 0) is 25.0 Å². The highest BCUT2D eigenvalue weighted by atomic mass is 19.1. The van der Waals surface area contributed by atoms with Crippen molar-refractivity contribution >= 4 is 17.7 Å². The molecule has 0 saturated heterocycles. The summed E-state index contributed by atoms with van der Waals surface area (Å²) in [4.78, 5) is 22.6. The van der Waals surface area contributed by atoms with Crippen molar-refractivity contribution in [3.05, 3.63) is 41.7 Å². The van der Waals surface area contributed by atoms with E-state index in [1.54, 1.807) is 0 Å². The van der Waals surface area contributed by atoms with Gasteiger partial charge in [0.1, 0.15) is 5.82 Å². The van der Waals surface area contributed by atoms with Crippen molar-refractivity contribution in [3.8, 4) is 0 Å². The van der Waals surface area contributed by atoms with Gasteiger partial charge in [0.05, 0.1) is 11.3 Å². The van der Waals surface area contributed by atoms with E-state index >= 15 is 0 Å². The zero-order chi connectivity index (χ0) is 13.8. The minimum Gasteiger partial charge on any atom is -0.478 e. The van der Waals surface area contributed by atoms with Crippen LogP contribution in [0.2, 0.25) is 0 Å². The molecule has 0 fully saturated rings. The lowest BCUT2D eigenvalue weighted by Crippen LogP contribution is -2.36. The van der Waals surface area contributed by atoms with E-state index in [1.807, 2.05) is 12.2 Å². The molecule has 5 nitrogen and oxygen atoms in total. The number of amides is 2. The molecule has 0 bridgehead atoms. The van der Waals surface area contributed by atoms with Gasteiger partial charge in [-0.3, -0.25) is 0 Å². The molecule has 1 aromatic rings. The standard InChI is InChI=1S/C13H13FN2O3/c14-10-7-3-6-9(12(17)18)11(10)16-13(19)15-8-4-1-2-5-8/h1-3,6-8H,4-5H2,(H,17,18)(H2,15,16,19). The van der Waals surface area contributed by atoms with Crippen molar-refractivity contribution in [1.29, 1.82) is 0 Å². The summed E-state index contributed by atoms with van der Waals surface area (Å²) >= 11 is 0. The lowest BCUT2D eigenvalue weighted by molar-refractivity contribution is 0.0697. The Hall–Kier alpha value is -2.37. The summed E-state index contributed by atoms with van der Waals surface area (Å²) in [6.07, 6.45) is 5.32. The van der Waals surface area contributed by atoms with Crippen LogP contribution in [-0.2, 0) is 0 Å². The zero-order valence-electron chi connectivity index (χ0n) is 10.0. The Balaban J connectivity index is 2.09. The first-order valence-electron chi connectivity index (χ1n) is 5.82. The lowest BCUT2D eigenvalue weighted by atomic mass is 10.1. The van der Waals surface area contributed by atoms with Gasteiger partial charge in [0, 0.05) is 6.04 Å². The third-order valence-electron chi connectivity index (χ3n) is 2.83. The van der Waals surface area contributed by atoms with Crippen LogP contribution in [0, 0.1) is 5.82 Å². The van der Waals surface area contributed by atoms with Gasteiger partial charge in [0.2, 0.25) is 0 Å². The number of rotatable bonds is 3. The zero-order valence-corrected chi connectivity index (χ0v) is 10.0. The Morgan fingerprint density at radius 3 is 2.58 bits per heavy atom. The second kappa shape index (κ2) is 5.51. The fraction of sp³-hybridized carbons (Fsp3) is 0.231. The number of carbonyl (C=O) groups is 2. The first kappa shape index (κ1) is 13.1. The van der Waals surface area contributed by atoms with Crippen LogP contribution in [0.15, 0.2) is 30.4 Å². The van der Waals surface area contributed by atoms with Gasteiger partial charge in [0.15, 0.2) is 0 Å². The van der Waals surface area contributed by atoms with Gasteiger partial charge < -0.3 is 15.7 Å².